The SMILES string of the molecule is O=S1(=O)CCCN1c1cccc(Br)c1. The van der Waals surface area contributed by atoms with Crippen LogP contribution in [0.5, 0.6) is 0 Å². The highest BCUT2D eigenvalue weighted by Gasteiger charge is 2.28. The molecule has 1 fully saturated rings. The van der Waals surface area contributed by atoms with E-state index in [0.29, 0.717) is 6.54 Å². The third kappa shape index (κ3) is 1.79. The molecular weight excluding hydrogens is 266 g/mol. The van der Waals surface area contributed by atoms with Gasteiger partial charge in [-0.1, -0.05) is 22.0 Å². The molecule has 2 rings (SSSR count). The maximum atomic E-state index is 11.6. The van der Waals surface area contributed by atoms with Gasteiger partial charge in [0.2, 0.25) is 10.0 Å². The zero-order valence-electron chi connectivity index (χ0n) is 7.48. The molecule has 0 bridgehead atoms. The van der Waals surface area contributed by atoms with Crippen molar-refractivity contribution >= 4 is 31.6 Å². The van der Waals surface area contributed by atoms with Crippen molar-refractivity contribution in [1.82, 2.24) is 0 Å². The molecule has 0 saturated carbocycles. The predicted octanol–water partition coefficient (Wildman–Crippen LogP) is 1.99. The summed E-state index contributed by atoms with van der Waals surface area (Å²) in [6, 6.07) is 7.36. The predicted molar refractivity (Wildman–Crippen MR) is 59.9 cm³/mol. The van der Waals surface area contributed by atoms with Crippen molar-refractivity contribution in [3.05, 3.63) is 28.7 Å². The minimum Gasteiger partial charge on any atom is -0.270 e. The van der Waals surface area contributed by atoms with E-state index in [1.54, 1.807) is 0 Å². The molecule has 14 heavy (non-hydrogen) atoms. The number of rotatable bonds is 1. The van der Waals surface area contributed by atoms with Gasteiger partial charge >= 0.3 is 0 Å². The molecule has 5 heteroatoms. The summed E-state index contributed by atoms with van der Waals surface area (Å²) >= 11 is 3.33. The van der Waals surface area contributed by atoms with Crippen LogP contribution in [0.4, 0.5) is 5.69 Å². The number of benzene rings is 1. The third-order valence-electron chi connectivity index (χ3n) is 2.20. The first-order chi connectivity index (χ1) is 6.59. The molecule has 0 spiro atoms. The number of halogens is 1. The second kappa shape index (κ2) is 3.55. The van der Waals surface area contributed by atoms with E-state index in [1.807, 2.05) is 24.3 Å². The average Bonchev–Trinajstić information content (AvgIpc) is 2.45. The van der Waals surface area contributed by atoms with Gasteiger partial charge in [0.25, 0.3) is 0 Å². The fraction of sp³-hybridized carbons (Fsp3) is 0.333. The summed E-state index contributed by atoms with van der Waals surface area (Å²) in [6.45, 7) is 0.596. The molecule has 1 aromatic rings. The van der Waals surface area contributed by atoms with E-state index in [4.69, 9.17) is 0 Å². The van der Waals surface area contributed by atoms with Gasteiger partial charge in [-0.15, -0.1) is 0 Å². The van der Waals surface area contributed by atoms with Crippen LogP contribution in [0, 0.1) is 0 Å². The Balaban J connectivity index is 2.41. The minimum absolute atomic E-state index is 0.263. The van der Waals surface area contributed by atoms with E-state index in [2.05, 4.69) is 15.9 Å². The summed E-state index contributed by atoms with van der Waals surface area (Å²) in [5.41, 5.74) is 0.747. The lowest BCUT2D eigenvalue weighted by atomic mass is 10.3. The van der Waals surface area contributed by atoms with E-state index in [1.165, 1.54) is 4.31 Å². The maximum absolute atomic E-state index is 11.6. The van der Waals surface area contributed by atoms with Gasteiger partial charge in [-0.2, -0.15) is 0 Å². The molecule has 0 N–H and O–H groups in total. The van der Waals surface area contributed by atoms with Gasteiger partial charge in [0.15, 0.2) is 0 Å². The Bertz CT molecular complexity index is 444. The quantitative estimate of drug-likeness (QED) is 0.786. The minimum atomic E-state index is -3.04. The standard InChI is InChI=1S/C9H10BrNO2S/c10-8-3-1-4-9(7-8)11-5-2-6-14(11,12)13/h1,3-4,7H,2,5-6H2. The Morgan fingerprint density at radius 1 is 1.36 bits per heavy atom. The van der Waals surface area contributed by atoms with Gasteiger partial charge in [-0.25, -0.2) is 8.42 Å². The first-order valence-corrected chi connectivity index (χ1v) is 6.76. The number of hydrogen-bond donors (Lipinski definition) is 0. The van der Waals surface area contributed by atoms with Crippen LogP contribution in [0.15, 0.2) is 28.7 Å². The van der Waals surface area contributed by atoms with Gasteiger partial charge in [0.05, 0.1) is 11.4 Å². The van der Waals surface area contributed by atoms with E-state index < -0.39 is 10.0 Å². The molecule has 0 atom stereocenters. The summed E-state index contributed by atoms with van der Waals surface area (Å²) in [4.78, 5) is 0. The molecule has 1 aliphatic rings. The molecule has 1 aliphatic heterocycles. The van der Waals surface area contributed by atoms with E-state index in [0.717, 1.165) is 16.6 Å². The van der Waals surface area contributed by atoms with Gasteiger partial charge in [0, 0.05) is 11.0 Å². The van der Waals surface area contributed by atoms with Gasteiger partial charge in [-0.05, 0) is 24.6 Å². The number of anilines is 1. The summed E-state index contributed by atoms with van der Waals surface area (Å²) in [5.74, 6) is 0.263. The van der Waals surface area contributed by atoms with Crippen molar-refractivity contribution in [2.75, 3.05) is 16.6 Å². The highest BCUT2D eigenvalue weighted by Crippen LogP contribution is 2.26. The van der Waals surface area contributed by atoms with E-state index >= 15 is 0 Å². The molecule has 0 radical (unpaired) electrons. The lowest BCUT2D eigenvalue weighted by molar-refractivity contribution is 0.599. The highest BCUT2D eigenvalue weighted by atomic mass is 79.9. The largest absolute Gasteiger partial charge is 0.270 e. The molecule has 1 saturated heterocycles. The van der Waals surface area contributed by atoms with Crippen LogP contribution in [0.2, 0.25) is 0 Å². The average molecular weight is 276 g/mol. The molecule has 76 valence electrons. The fourth-order valence-electron chi connectivity index (χ4n) is 1.56. The van der Waals surface area contributed by atoms with Crippen molar-refractivity contribution in [1.29, 1.82) is 0 Å². The summed E-state index contributed by atoms with van der Waals surface area (Å²) in [6.07, 6.45) is 0.717. The van der Waals surface area contributed by atoms with Crippen molar-refractivity contribution in [2.24, 2.45) is 0 Å². The normalized spacial score (nSPS) is 19.9. The topological polar surface area (TPSA) is 37.4 Å². The van der Waals surface area contributed by atoms with Crippen molar-refractivity contribution in [3.8, 4) is 0 Å². The van der Waals surface area contributed by atoms with Crippen molar-refractivity contribution in [3.63, 3.8) is 0 Å². The molecule has 0 aliphatic carbocycles. The number of hydrogen-bond acceptors (Lipinski definition) is 2. The summed E-state index contributed by atoms with van der Waals surface area (Å²) in [5, 5.41) is 0. The molecule has 1 aromatic carbocycles. The van der Waals surface area contributed by atoms with Crippen LogP contribution >= 0.6 is 15.9 Å². The third-order valence-corrected chi connectivity index (χ3v) is 4.56. The molecule has 1 heterocycles. The number of nitrogens with zero attached hydrogens (tertiary/aromatic N) is 1. The highest BCUT2D eigenvalue weighted by molar-refractivity contribution is 9.10. The molecule has 3 nitrogen and oxygen atoms in total. The van der Waals surface area contributed by atoms with Crippen LogP contribution in [-0.2, 0) is 10.0 Å². The second-order valence-electron chi connectivity index (χ2n) is 3.22. The molecular formula is C9H10BrNO2S. The van der Waals surface area contributed by atoms with Crippen molar-refractivity contribution in [2.45, 2.75) is 6.42 Å². The Kier molecular flexibility index (Phi) is 2.53. The number of sulfonamides is 1. The van der Waals surface area contributed by atoms with Gasteiger partial charge in [-0.3, -0.25) is 4.31 Å². The lowest BCUT2D eigenvalue weighted by Gasteiger charge is -2.16. The van der Waals surface area contributed by atoms with E-state index in [9.17, 15) is 8.42 Å². The smallest absolute Gasteiger partial charge is 0.235 e. The van der Waals surface area contributed by atoms with Gasteiger partial charge in [0.1, 0.15) is 0 Å². The summed E-state index contributed by atoms with van der Waals surface area (Å²) in [7, 11) is -3.04. The van der Waals surface area contributed by atoms with Crippen LogP contribution in [0.3, 0.4) is 0 Å². The fourth-order valence-corrected chi connectivity index (χ4v) is 3.50. The maximum Gasteiger partial charge on any atom is 0.235 e. The zero-order valence-corrected chi connectivity index (χ0v) is 9.88. The lowest BCUT2D eigenvalue weighted by Crippen LogP contribution is -2.24. The van der Waals surface area contributed by atoms with Gasteiger partial charge < -0.3 is 0 Å². The van der Waals surface area contributed by atoms with Crippen LogP contribution in [0.1, 0.15) is 6.42 Å². The second-order valence-corrected chi connectivity index (χ2v) is 6.15. The molecule has 0 amide bonds. The monoisotopic (exact) mass is 275 g/mol. The molecule has 0 aromatic heterocycles. The Labute approximate surface area is 91.9 Å². The van der Waals surface area contributed by atoms with E-state index in [-0.39, 0.29) is 5.75 Å². The van der Waals surface area contributed by atoms with Crippen molar-refractivity contribution < 1.29 is 8.42 Å². The van der Waals surface area contributed by atoms with Crippen LogP contribution in [-0.4, -0.2) is 20.7 Å². The first-order valence-electron chi connectivity index (χ1n) is 4.35. The van der Waals surface area contributed by atoms with Crippen LogP contribution in [0.25, 0.3) is 0 Å². The first kappa shape index (κ1) is 9.98. The Hall–Kier alpha value is -0.550. The summed E-state index contributed by atoms with van der Waals surface area (Å²) < 4.78 is 25.5. The zero-order chi connectivity index (χ0) is 10.2. The van der Waals surface area contributed by atoms with Crippen LogP contribution < -0.4 is 4.31 Å². The Morgan fingerprint density at radius 2 is 2.14 bits per heavy atom. The Morgan fingerprint density at radius 3 is 2.71 bits per heavy atom. The molecule has 0 unspecified atom stereocenters.